The Morgan fingerprint density at radius 2 is 2.17 bits per heavy atom. The van der Waals surface area contributed by atoms with E-state index in [2.05, 4.69) is 20.3 Å². The van der Waals surface area contributed by atoms with E-state index < -0.39 is 5.60 Å². The van der Waals surface area contributed by atoms with E-state index in [1.54, 1.807) is 12.1 Å². The van der Waals surface area contributed by atoms with E-state index in [1.807, 2.05) is 30.9 Å². The number of nitrogens with zero attached hydrogens (tertiary/aromatic N) is 4. The molecule has 126 valence electrons. The van der Waals surface area contributed by atoms with Crippen LogP contribution in [-0.4, -0.2) is 51.2 Å². The van der Waals surface area contributed by atoms with Crippen LogP contribution in [0.3, 0.4) is 0 Å². The number of pyridine rings is 1. The number of hydrogen-bond acceptors (Lipinski definition) is 6. The number of amides is 1. The third-order valence-corrected chi connectivity index (χ3v) is 4.14. The fourth-order valence-electron chi connectivity index (χ4n) is 2.81. The number of aliphatic hydroxyl groups is 1. The minimum absolute atomic E-state index is 0.183. The number of carbonyl (C=O) groups is 1. The number of rotatable bonds is 4. The first-order valence-electron chi connectivity index (χ1n) is 7.93. The molecule has 24 heavy (non-hydrogen) atoms. The molecule has 2 aromatic rings. The maximum atomic E-state index is 12.2. The summed E-state index contributed by atoms with van der Waals surface area (Å²) in [5.41, 5.74) is 1.06. The van der Waals surface area contributed by atoms with Gasteiger partial charge in [0.05, 0.1) is 0 Å². The molecule has 0 spiro atoms. The maximum absolute atomic E-state index is 12.2. The molecule has 0 aromatic carbocycles. The SMILES string of the molecule is Cc1cc(N2CC[C@@](O)(CNC(=O)c3cccc(C)n3)C2)ncn1. The third kappa shape index (κ3) is 3.68. The molecule has 1 fully saturated rings. The molecule has 7 nitrogen and oxygen atoms in total. The lowest BCUT2D eigenvalue weighted by Crippen LogP contribution is -2.45. The summed E-state index contributed by atoms with van der Waals surface area (Å²) < 4.78 is 0. The second-order valence-corrected chi connectivity index (χ2v) is 6.26. The third-order valence-electron chi connectivity index (χ3n) is 4.14. The monoisotopic (exact) mass is 327 g/mol. The number of aryl methyl sites for hydroxylation is 2. The molecule has 0 bridgehead atoms. The Labute approximate surface area is 140 Å². The van der Waals surface area contributed by atoms with E-state index >= 15 is 0 Å². The highest BCUT2D eigenvalue weighted by atomic mass is 16.3. The molecule has 3 heterocycles. The number of carbonyl (C=O) groups excluding carboxylic acids is 1. The average Bonchev–Trinajstić information content (AvgIpc) is 2.96. The highest BCUT2D eigenvalue weighted by molar-refractivity contribution is 5.92. The molecule has 0 radical (unpaired) electrons. The van der Waals surface area contributed by atoms with Gasteiger partial charge in [-0.05, 0) is 32.4 Å². The van der Waals surface area contributed by atoms with Gasteiger partial charge in [0.2, 0.25) is 0 Å². The molecule has 1 saturated heterocycles. The summed E-state index contributed by atoms with van der Waals surface area (Å²) in [6, 6.07) is 7.18. The summed E-state index contributed by atoms with van der Waals surface area (Å²) in [6.45, 7) is 5.03. The summed E-state index contributed by atoms with van der Waals surface area (Å²) in [6.07, 6.45) is 2.09. The second-order valence-electron chi connectivity index (χ2n) is 6.26. The molecule has 0 unspecified atom stereocenters. The molecular formula is C17H21N5O2. The molecule has 1 atom stereocenters. The van der Waals surface area contributed by atoms with Crippen molar-refractivity contribution in [3.63, 3.8) is 0 Å². The largest absolute Gasteiger partial charge is 0.386 e. The highest BCUT2D eigenvalue weighted by Gasteiger charge is 2.37. The fourth-order valence-corrected chi connectivity index (χ4v) is 2.81. The molecule has 2 aromatic heterocycles. The van der Waals surface area contributed by atoms with Crippen LogP contribution in [0.4, 0.5) is 5.82 Å². The molecule has 2 N–H and O–H groups in total. The van der Waals surface area contributed by atoms with Gasteiger partial charge in [-0.3, -0.25) is 4.79 Å². The predicted octanol–water partition coefficient (Wildman–Crippen LogP) is 0.860. The summed E-state index contributed by atoms with van der Waals surface area (Å²) in [5, 5.41) is 13.5. The quantitative estimate of drug-likeness (QED) is 0.865. The Morgan fingerprint density at radius 1 is 1.33 bits per heavy atom. The zero-order chi connectivity index (χ0) is 17.2. The van der Waals surface area contributed by atoms with Crippen molar-refractivity contribution in [2.24, 2.45) is 0 Å². The van der Waals surface area contributed by atoms with E-state index in [4.69, 9.17) is 0 Å². The van der Waals surface area contributed by atoms with Crippen LogP contribution in [0.1, 0.15) is 28.3 Å². The van der Waals surface area contributed by atoms with Gasteiger partial charge >= 0.3 is 0 Å². The van der Waals surface area contributed by atoms with Gasteiger partial charge in [-0.1, -0.05) is 6.07 Å². The zero-order valence-electron chi connectivity index (χ0n) is 13.9. The topological polar surface area (TPSA) is 91.2 Å². The molecule has 1 amide bonds. The molecule has 7 heteroatoms. The van der Waals surface area contributed by atoms with Crippen molar-refractivity contribution in [1.82, 2.24) is 20.3 Å². The minimum Gasteiger partial charge on any atom is -0.386 e. The number of anilines is 1. The first kappa shape index (κ1) is 16.3. The van der Waals surface area contributed by atoms with Gasteiger partial charge in [0, 0.05) is 37.1 Å². The van der Waals surface area contributed by atoms with Crippen molar-refractivity contribution in [2.45, 2.75) is 25.9 Å². The van der Waals surface area contributed by atoms with Crippen molar-refractivity contribution in [3.8, 4) is 0 Å². The lowest BCUT2D eigenvalue weighted by molar-refractivity contribution is 0.0574. The zero-order valence-corrected chi connectivity index (χ0v) is 13.9. The van der Waals surface area contributed by atoms with Crippen LogP contribution < -0.4 is 10.2 Å². The number of aromatic nitrogens is 3. The van der Waals surface area contributed by atoms with E-state index in [1.165, 1.54) is 6.33 Å². The van der Waals surface area contributed by atoms with Gasteiger partial charge in [-0.25, -0.2) is 15.0 Å². The normalized spacial score (nSPS) is 20.2. The molecule has 0 saturated carbocycles. The minimum atomic E-state index is -0.974. The average molecular weight is 327 g/mol. The Hall–Kier alpha value is -2.54. The van der Waals surface area contributed by atoms with Crippen LogP contribution in [0.5, 0.6) is 0 Å². The summed E-state index contributed by atoms with van der Waals surface area (Å²) in [4.78, 5) is 26.7. The molecule has 3 rings (SSSR count). The van der Waals surface area contributed by atoms with Gasteiger partial charge in [0.15, 0.2) is 0 Å². The highest BCUT2D eigenvalue weighted by Crippen LogP contribution is 2.25. The van der Waals surface area contributed by atoms with E-state index in [9.17, 15) is 9.90 Å². The smallest absolute Gasteiger partial charge is 0.269 e. The number of nitrogens with one attached hydrogen (secondary N) is 1. The molecular weight excluding hydrogens is 306 g/mol. The number of hydrogen-bond donors (Lipinski definition) is 2. The van der Waals surface area contributed by atoms with Crippen molar-refractivity contribution >= 4 is 11.7 Å². The van der Waals surface area contributed by atoms with Gasteiger partial charge in [0.1, 0.15) is 23.4 Å². The van der Waals surface area contributed by atoms with Gasteiger partial charge in [0.25, 0.3) is 5.91 Å². The second kappa shape index (κ2) is 6.52. The summed E-state index contributed by atoms with van der Waals surface area (Å²) in [7, 11) is 0. The van der Waals surface area contributed by atoms with E-state index in [0.717, 1.165) is 17.2 Å². The Balaban J connectivity index is 1.60. The van der Waals surface area contributed by atoms with Crippen LogP contribution >= 0.6 is 0 Å². The lowest BCUT2D eigenvalue weighted by atomic mass is 10.0. The van der Waals surface area contributed by atoms with Gasteiger partial charge < -0.3 is 15.3 Å². The van der Waals surface area contributed by atoms with E-state index in [-0.39, 0.29) is 12.5 Å². The van der Waals surface area contributed by atoms with Crippen molar-refractivity contribution < 1.29 is 9.90 Å². The van der Waals surface area contributed by atoms with Crippen molar-refractivity contribution in [3.05, 3.63) is 47.7 Å². The fraction of sp³-hybridized carbons (Fsp3) is 0.412. The predicted molar refractivity (Wildman–Crippen MR) is 89.9 cm³/mol. The Kier molecular flexibility index (Phi) is 4.44. The Bertz CT molecular complexity index is 751. The van der Waals surface area contributed by atoms with Crippen LogP contribution in [0, 0.1) is 13.8 Å². The summed E-state index contributed by atoms with van der Waals surface area (Å²) in [5.74, 6) is 0.522. The standard InChI is InChI=1S/C17H21N5O2/c1-12-4-3-5-14(21-12)16(23)18-9-17(24)6-7-22(10-17)15-8-13(2)19-11-20-15/h3-5,8,11,24H,6-7,9-10H2,1-2H3,(H,18,23)/t17-/m1/s1. The molecule has 1 aliphatic rings. The summed E-state index contributed by atoms with van der Waals surface area (Å²) >= 11 is 0. The van der Waals surface area contributed by atoms with Crippen LogP contribution in [-0.2, 0) is 0 Å². The molecule has 0 aliphatic carbocycles. The van der Waals surface area contributed by atoms with Crippen LogP contribution in [0.15, 0.2) is 30.6 Å². The van der Waals surface area contributed by atoms with Crippen LogP contribution in [0.2, 0.25) is 0 Å². The number of β-amino-alcohol motifs (C(OH)–C–C–N with tert-alkyl or cyclic N) is 1. The first-order chi connectivity index (χ1) is 11.5. The van der Waals surface area contributed by atoms with Gasteiger partial charge in [-0.2, -0.15) is 0 Å². The van der Waals surface area contributed by atoms with E-state index in [0.29, 0.717) is 25.2 Å². The van der Waals surface area contributed by atoms with Gasteiger partial charge in [-0.15, -0.1) is 0 Å². The van der Waals surface area contributed by atoms with Crippen LogP contribution in [0.25, 0.3) is 0 Å². The molecule has 1 aliphatic heterocycles. The first-order valence-corrected chi connectivity index (χ1v) is 7.93. The Morgan fingerprint density at radius 3 is 2.92 bits per heavy atom. The van der Waals surface area contributed by atoms with Crippen molar-refractivity contribution in [1.29, 1.82) is 0 Å². The maximum Gasteiger partial charge on any atom is 0.269 e. The van der Waals surface area contributed by atoms with Crippen molar-refractivity contribution in [2.75, 3.05) is 24.5 Å². The lowest BCUT2D eigenvalue weighted by Gasteiger charge is -2.24.